The molecule has 0 spiro atoms. The number of carbonyl (C=O) groups is 2. The van der Waals surface area contributed by atoms with Gasteiger partial charge in [0.15, 0.2) is 5.17 Å². The number of unbranched alkanes of at least 4 members (excludes halogenated alkanes) is 3. The van der Waals surface area contributed by atoms with Crippen LogP contribution in [-0.2, 0) is 9.59 Å². The van der Waals surface area contributed by atoms with E-state index in [1.165, 1.54) is 31.0 Å². The molecule has 7 nitrogen and oxygen atoms in total. The van der Waals surface area contributed by atoms with Crippen molar-refractivity contribution >= 4 is 56.1 Å². The van der Waals surface area contributed by atoms with Gasteiger partial charge < -0.3 is 15.4 Å². The van der Waals surface area contributed by atoms with E-state index in [2.05, 4.69) is 43.7 Å². The molecule has 1 atom stereocenters. The van der Waals surface area contributed by atoms with Gasteiger partial charge in [-0.25, -0.2) is 0 Å². The first-order valence-corrected chi connectivity index (χ1v) is 13.0. The molecule has 0 unspecified atom stereocenters. The summed E-state index contributed by atoms with van der Waals surface area (Å²) in [7, 11) is 0. The summed E-state index contributed by atoms with van der Waals surface area (Å²) >= 11 is 4.61. The Bertz CT molecular complexity index is 1040. The number of halogens is 1. The fraction of sp³-hybridized carbons (Fsp3) is 0.360. The summed E-state index contributed by atoms with van der Waals surface area (Å²) in [5, 5.41) is 13.7. The highest BCUT2D eigenvalue weighted by molar-refractivity contribution is 9.10. The molecule has 9 heteroatoms. The molecular weight excluding hydrogens is 516 g/mol. The number of rotatable bonds is 11. The van der Waals surface area contributed by atoms with Gasteiger partial charge in [-0.05, 0) is 55.3 Å². The Labute approximate surface area is 213 Å². The molecule has 2 N–H and O–H groups in total. The lowest BCUT2D eigenvalue weighted by atomic mass is 10.1. The zero-order chi connectivity index (χ0) is 24.3. The van der Waals surface area contributed by atoms with E-state index < -0.39 is 5.25 Å². The summed E-state index contributed by atoms with van der Waals surface area (Å²) in [6, 6.07) is 15.0. The van der Waals surface area contributed by atoms with Crippen LogP contribution in [0.1, 0.15) is 51.5 Å². The van der Waals surface area contributed by atoms with E-state index in [1.807, 2.05) is 43.3 Å². The average Bonchev–Trinajstić information content (AvgIpc) is 3.17. The number of benzene rings is 2. The minimum atomic E-state index is -0.548. The first-order chi connectivity index (χ1) is 16.4. The van der Waals surface area contributed by atoms with Crippen LogP contribution in [0.2, 0.25) is 0 Å². The van der Waals surface area contributed by atoms with Crippen LogP contribution in [-0.4, -0.2) is 34.6 Å². The molecule has 0 radical (unpaired) electrons. The van der Waals surface area contributed by atoms with Crippen LogP contribution < -0.4 is 15.4 Å². The number of nitrogens with one attached hydrogen (secondary N) is 2. The Kier molecular flexibility index (Phi) is 10.2. The summed E-state index contributed by atoms with van der Waals surface area (Å²) in [4.78, 5) is 24.7. The van der Waals surface area contributed by atoms with Crippen molar-refractivity contribution in [3.63, 3.8) is 0 Å². The molecule has 1 heterocycles. The van der Waals surface area contributed by atoms with Gasteiger partial charge in [-0.2, -0.15) is 5.10 Å². The Morgan fingerprint density at radius 1 is 1.12 bits per heavy atom. The van der Waals surface area contributed by atoms with E-state index in [0.29, 0.717) is 17.5 Å². The van der Waals surface area contributed by atoms with Gasteiger partial charge in [-0.3, -0.25) is 9.59 Å². The molecule has 0 aromatic heterocycles. The van der Waals surface area contributed by atoms with E-state index in [4.69, 9.17) is 4.74 Å². The maximum atomic E-state index is 12.4. The van der Waals surface area contributed by atoms with Crippen molar-refractivity contribution in [2.75, 3.05) is 11.9 Å². The minimum Gasteiger partial charge on any atom is -0.494 e. The lowest BCUT2D eigenvalue weighted by Crippen LogP contribution is -2.28. The third-order valence-corrected chi connectivity index (χ3v) is 6.71. The first-order valence-electron chi connectivity index (χ1n) is 11.3. The monoisotopic (exact) mass is 544 g/mol. The molecule has 0 bridgehead atoms. The number of amides is 2. The lowest BCUT2D eigenvalue weighted by molar-refractivity contribution is -0.122. The number of amidine groups is 1. The van der Waals surface area contributed by atoms with Crippen LogP contribution >= 0.6 is 27.7 Å². The SMILES string of the molecule is CCCCCCOc1ccc(NC(=O)C[C@H]2S/C(=N\N=C(\C)c3ccc(Br)cc3)NC2=O)cc1. The molecule has 2 amide bonds. The van der Waals surface area contributed by atoms with Gasteiger partial charge in [0.25, 0.3) is 0 Å². The van der Waals surface area contributed by atoms with Crippen molar-refractivity contribution in [3.05, 3.63) is 58.6 Å². The van der Waals surface area contributed by atoms with Crippen molar-refractivity contribution in [3.8, 4) is 5.75 Å². The number of hydrogen-bond acceptors (Lipinski definition) is 6. The molecule has 1 aliphatic rings. The molecule has 1 saturated heterocycles. The quantitative estimate of drug-likeness (QED) is 0.214. The average molecular weight is 546 g/mol. The topological polar surface area (TPSA) is 92.2 Å². The van der Waals surface area contributed by atoms with Crippen LogP contribution in [0.4, 0.5) is 5.69 Å². The lowest BCUT2D eigenvalue weighted by Gasteiger charge is -2.09. The third-order valence-electron chi connectivity index (χ3n) is 5.10. The Morgan fingerprint density at radius 3 is 2.56 bits per heavy atom. The fourth-order valence-electron chi connectivity index (χ4n) is 3.19. The maximum Gasteiger partial charge on any atom is 0.240 e. The molecule has 180 valence electrons. The van der Waals surface area contributed by atoms with Crippen molar-refractivity contribution in [1.29, 1.82) is 0 Å². The van der Waals surface area contributed by atoms with Gasteiger partial charge in [0.1, 0.15) is 11.0 Å². The van der Waals surface area contributed by atoms with Crippen molar-refractivity contribution in [2.24, 2.45) is 10.2 Å². The molecule has 34 heavy (non-hydrogen) atoms. The highest BCUT2D eigenvalue weighted by Crippen LogP contribution is 2.24. The molecule has 2 aromatic rings. The van der Waals surface area contributed by atoms with Gasteiger partial charge >= 0.3 is 0 Å². The number of carbonyl (C=O) groups excluding carboxylic acids is 2. The zero-order valence-corrected chi connectivity index (χ0v) is 21.7. The molecule has 0 aliphatic carbocycles. The van der Waals surface area contributed by atoms with Crippen molar-refractivity contribution in [1.82, 2.24) is 5.32 Å². The van der Waals surface area contributed by atoms with Crippen LogP contribution in [0.3, 0.4) is 0 Å². The third kappa shape index (κ3) is 8.29. The molecule has 1 fully saturated rings. The van der Waals surface area contributed by atoms with E-state index in [0.717, 1.165) is 27.9 Å². The van der Waals surface area contributed by atoms with Crippen molar-refractivity contribution in [2.45, 2.75) is 51.2 Å². The second-order valence-corrected chi connectivity index (χ2v) is 9.99. The second-order valence-electron chi connectivity index (χ2n) is 7.88. The molecular formula is C25H29BrN4O3S. The molecule has 1 aliphatic heterocycles. The molecule has 2 aromatic carbocycles. The van der Waals surface area contributed by atoms with Gasteiger partial charge in [0.05, 0.1) is 12.3 Å². The predicted octanol–water partition coefficient (Wildman–Crippen LogP) is 5.75. The Hall–Kier alpha value is -2.65. The number of ether oxygens (including phenoxy) is 1. The fourth-order valence-corrected chi connectivity index (χ4v) is 4.37. The van der Waals surface area contributed by atoms with E-state index in [1.54, 1.807) is 12.1 Å². The number of thioether (sulfide) groups is 1. The largest absolute Gasteiger partial charge is 0.494 e. The van der Waals surface area contributed by atoms with E-state index >= 15 is 0 Å². The summed E-state index contributed by atoms with van der Waals surface area (Å²) in [6.45, 7) is 4.72. The summed E-state index contributed by atoms with van der Waals surface area (Å²) < 4.78 is 6.71. The first kappa shape index (κ1) is 26.0. The number of hydrogen-bond donors (Lipinski definition) is 2. The van der Waals surface area contributed by atoms with Crippen LogP contribution in [0.25, 0.3) is 0 Å². The number of nitrogens with zero attached hydrogens (tertiary/aromatic N) is 2. The summed E-state index contributed by atoms with van der Waals surface area (Å²) in [5.41, 5.74) is 2.32. The standard InChI is InChI=1S/C25H29BrN4O3S/c1-3-4-5-6-15-33-21-13-11-20(12-14-21)27-23(31)16-22-24(32)28-25(34-22)30-29-17(2)18-7-9-19(26)10-8-18/h7-14,22H,3-6,15-16H2,1-2H3,(H,27,31)(H,28,30,32)/b29-17-/t22-/m1/s1. The van der Waals surface area contributed by atoms with Crippen LogP contribution in [0.5, 0.6) is 5.75 Å². The van der Waals surface area contributed by atoms with Crippen LogP contribution in [0.15, 0.2) is 63.2 Å². The number of anilines is 1. The Balaban J connectivity index is 1.46. The van der Waals surface area contributed by atoms with Gasteiger partial charge in [-0.1, -0.05) is 66.0 Å². The molecule has 0 saturated carbocycles. The molecule has 3 rings (SSSR count). The van der Waals surface area contributed by atoms with Gasteiger partial charge in [0.2, 0.25) is 11.8 Å². The van der Waals surface area contributed by atoms with Crippen molar-refractivity contribution < 1.29 is 14.3 Å². The van der Waals surface area contributed by atoms with Gasteiger partial charge in [-0.15, -0.1) is 5.10 Å². The summed E-state index contributed by atoms with van der Waals surface area (Å²) in [5.74, 6) is 0.291. The van der Waals surface area contributed by atoms with E-state index in [-0.39, 0.29) is 18.2 Å². The normalized spacial score (nSPS) is 17.0. The highest BCUT2D eigenvalue weighted by Gasteiger charge is 2.32. The summed E-state index contributed by atoms with van der Waals surface area (Å²) in [6.07, 6.45) is 4.66. The van der Waals surface area contributed by atoms with Crippen LogP contribution in [0, 0.1) is 0 Å². The highest BCUT2D eigenvalue weighted by atomic mass is 79.9. The maximum absolute atomic E-state index is 12.4. The zero-order valence-electron chi connectivity index (χ0n) is 19.3. The Morgan fingerprint density at radius 2 is 1.85 bits per heavy atom. The second kappa shape index (κ2) is 13.3. The smallest absolute Gasteiger partial charge is 0.240 e. The predicted molar refractivity (Wildman–Crippen MR) is 143 cm³/mol. The minimum absolute atomic E-state index is 0.0423. The van der Waals surface area contributed by atoms with E-state index in [9.17, 15) is 9.59 Å². The van der Waals surface area contributed by atoms with Gasteiger partial charge in [0, 0.05) is 16.6 Å².